The molecule has 1 aromatic carbocycles. The van der Waals surface area contributed by atoms with Crippen molar-refractivity contribution in [2.24, 2.45) is 0 Å². The minimum Gasteiger partial charge on any atom is -0.481 e. The van der Waals surface area contributed by atoms with Crippen LogP contribution in [0, 0.1) is 18.2 Å². The second-order valence-corrected chi connectivity index (χ2v) is 5.06. The molecule has 2 rings (SSSR count). The van der Waals surface area contributed by atoms with Crippen LogP contribution in [0.15, 0.2) is 47.7 Å². The van der Waals surface area contributed by atoms with Crippen LogP contribution in [0.2, 0.25) is 0 Å². The number of halogens is 4. The van der Waals surface area contributed by atoms with Gasteiger partial charge in [0.05, 0.1) is 23.0 Å². The van der Waals surface area contributed by atoms with E-state index in [0.29, 0.717) is 0 Å². The summed E-state index contributed by atoms with van der Waals surface area (Å²) in [7, 11) is 0. The van der Waals surface area contributed by atoms with Crippen molar-refractivity contribution in [3.05, 3.63) is 59.0 Å². The average molecular weight is 340 g/mol. The van der Waals surface area contributed by atoms with E-state index in [0.717, 1.165) is 6.07 Å². The lowest BCUT2D eigenvalue weighted by Crippen LogP contribution is -2.28. The van der Waals surface area contributed by atoms with Crippen LogP contribution in [-0.4, -0.2) is 24.5 Å². The molecule has 0 radical (unpaired) electrons. The molecule has 23 heavy (non-hydrogen) atoms. The summed E-state index contributed by atoms with van der Waals surface area (Å²) in [5.41, 5.74) is 0.581. The summed E-state index contributed by atoms with van der Waals surface area (Å²) in [6.45, 7) is 3.05. The smallest absolute Gasteiger partial charge is 0.256 e. The van der Waals surface area contributed by atoms with Crippen molar-refractivity contribution in [3.63, 3.8) is 0 Å². The van der Waals surface area contributed by atoms with E-state index in [2.05, 4.69) is 12.5 Å². The fourth-order valence-corrected chi connectivity index (χ4v) is 2.28. The third kappa shape index (κ3) is 3.91. The molecule has 0 atom stereocenters. The first-order chi connectivity index (χ1) is 10.9. The number of rotatable bonds is 5. The Labute approximate surface area is 137 Å². The van der Waals surface area contributed by atoms with E-state index in [1.165, 1.54) is 29.2 Å². The normalized spacial score (nSPS) is 14.4. The van der Waals surface area contributed by atoms with Crippen LogP contribution in [0.5, 0.6) is 5.75 Å². The Balaban J connectivity index is 2.38. The lowest BCUT2D eigenvalue weighted by atomic mass is 10.1. The predicted molar refractivity (Wildman–Crippen MR) is 84.5 cm³/mol. The van der Waals surface area contributed by atoms with E-state index in [1.54, 1.807) is 0 Å². The van der Waals surface area contributed by atoms with Crippen LogP contribution in [0.4, 0.5) is 13.2 Å². The standard InChI is InChI=1S/C17H13ClF3NO/c1-3-8-23-12-4-5-13(15(19)9-12)16-7-6-14(18)11(2)22(16)10-17(20)21/h1,4-7,9,17H,2,8,10H2. The van der Waals surface area contributed by atoms with Gasteiger partial charge in [-0.3, -0.25) is 0 Å². The largest absolute Gasteiger partial charge is 0.481 e. The van der Waals surface area contributed by atoms with Crippen LogP contribution in [-0.2, 0) is 0 Å². The maximum absolute atomic E-state index is 14.3. The van der Waals surface area contributed by atoms with Crippen LogP contribution in [0.3, 0.4) is 0 Å². The van der Waals surface area contributed by atoms with Crippen molar-refractivity contribution in [3.8, 4) is 18.1 Å². The first kappa shape index (κ1) is 17.0. The molecule has 0 saturated heterocycles. The molecule has 0 fully saturated rings. The van der Waals surface area contributed by atoms with Crippen LogP contribution < -0.4 is 4.74 Å². The van der Waals surface area contributed by atoms with Crippen molar-refractivity contribution < 1.29 is 17.9 Å². The van der Waals surface area contributed by atoms with E-state index in [1.807, 2.05) is 0 Å². The van der Waals surface area contributed by atoms with Crippen LogP contribution >= 0.6 is 11.6 Å². The third-order valence-corrected chi connectivity index (χ3v) is 3.48. The predicted octanol–water partition coefficient (Wildman–Crippen LogP) is 4.40. The average Bonchev–Trinajstić information content (AvgIpc) is 2.50. The maximum Gasteiger partial charge on any atom is 0.256 e. The molecule has 0 aliphatic carbocycles. The SMILES string of the molecule is C#CCOc1ccc(C2=CC=C(Cl)C(=C)N2CC(F)F)c(F)c1. The molecule has 1 aliphatic rings. The zero-order valence-electron chi connectivity index (χ0n) is 12.0. The summed E-state index contributed by atoms with van der Waals surface area (Å²) in [6, 6.07) is 4.10. The van der Waals surface area contributed by atoms with Crippen molar-refractivity contribution >= 4 is 17.3 Å². The Morgan fingerprint density at radius 1 is 1.35 bits per heavy atom. The number of allylic oxidation sites excluding steroid dienone is 3. The molecule has 1 aliphatic heterocycles. The third-order valence-electron chi connectivity index (χ3n) is 3.14. The molecular formula is C17H13ClF3NO. The number of alkyl halides is 2. The van der Waals surface area contributed by atoms with Crippen molar-refractivity contribution in [1.29, 1.82) is 0 Å². The minimum atomic E-state index is -2.63. The highest BCUT2D eigenvalue weighted by molar-refractivity contribution is 6.32. The Kier molecular flexibility index (Phi) is 5.41. The second-order valence-electron chi connectivity index (χ2n) is 4.65. The molecule has 2 nitrogen and oxygen atoms in total. The van der Waals surface area contributed by atoms with Crippen LogP contribution in [0.1, 0.15) is 5.56 Å². The monoisotopic (exact) mass is 339 g/mol. The molecule has 0 saturated carbocycles. The van der Waals surface area contributed by atoms with Gasteiger partial charge in [-0.2, -0.15) is 0 Å². The Hall–Kier alpha value is -2.32. The molecule has 0 bridgehead atoms. The second kappa shape index (κ2) is 7.30. The summed E-state index contributed by atoms with van der Waals surface area (Å²) >= 11 is 5.92. The van der Waals surface area contributed by atoms with Gasteiger partial charge < -0.3 is 9.64 Å². The van der Waals surface area contributed by atoms with Crippen molar-refractivity contribution in [2.45, 2.75) is 6.43 Å². The number of hydrogen-bond donors (Lipinski definition) is 0. The number of nitrogens with zero attached hydrogens (tertiary/aromatic N) is 1. The Morgan fingerprint density at radius 3 is 2.70 bits per heavy atom. The van der Waals surface area contributed by atoms with Crippen LogP contribution in [0.25, 0.3) is 5.70 Å². The molecule has 0 aromatic heterocycles. The number of ether oxygens (including phenoxy) is 1. The summed E-state index contributed by atoms with van der Waals surface area (Å²) in [5.74, 6) is 1.91. The quantitative estimate of drug-likeness (QED) is 0.737. The van der Waals surface area contributed by atoms with E-state index in [4.69, 9.17) is 22.8 Å². The van der Waals surface area contributed by atoms with Gasteiger partial charge in [-0.1, -0.05) is 24.1 Å². The summed E-state index contributed by atoms with van der Waals surface area (Å²) in [5, 5.41) is 0.226. The number of benzene rings is 1. The van der Waals surface area contributed by atoms with Gasteiger partial charge in [0.2, 0.25) is 0 Å². The van der Waals surface area contributed by atoms with E-state index in [9.17, 15) is 13.2 Å². The topological polar surface area (TPSA) is 12.5 Å². The van der Waals surface area contributed by atoms with Crippen molar-refractivity contribution in [1.82, 2.24) is 4.90 Å². The fourth-order valence-electron chi connectivity index (χ4n) is 2.11. The molecule has 0 N–H and O–H groups in total. The Bertz CT molecular complexity index is 719. The molecule has 120 valence electrons. The van der Waals surface area contributed by atoms with Gasteiger partial charge >= 0.3 is 0 Å². The van der Waals surface area contributed by atoms with Gasteiger partial charge in [0, 0.05) is 11.6 Å². The van der Waals surface area contributed by atoms with Gasteiger partial charge in [-0.25, -0.2) is 13.2 Å². The lowest BCUT2D eigenvalue weighted by molar-refractivity contribution is 0.123. The summed E-state index contributed by atoms with van der Waals surface area (Å²) in [4.78, 5) is 1.19. The first-order valence-electron chi connectivity index (χ1n) is 6.62. The molecule has 1 aromatic rings. The lowest BCUT2D eigenvalue weighted by Gasteiger charge is -2.31. The zero-order valence-corrected chi connectivity index (χ0v) is 12.8. The summed E-state index contributed by atoms with van der Waals surface area (Å²) in [6.07, 6.45) is 5.41. The first-order valence-corrected chi connectivity index (χ1v) is 7.00. The van der Waals surface area contributed by atoms with Gasteiger partial charge in [0.15, 0.2) is 0 Å². The molecule has 1 heterocycles. The number of terminal acetylenes is 1. The van der Waals surface area contributed by atoms with E-state index >= 15 is 0 Å². The molecule has 0 spiro atoms. The maximum atomic E-state index is 14.3. The van der Waals surface area contributed by atoms with Gasteiger partial charge in [-0.15, -0.1) is 6.42 Å². The van der Waals surface area contributed by atoms with E-state index < -0.39 is 18.8 Å². The fraction of sp³-hybridized carbons (Fsp3) is 0.176. The Morgan fingerprint density at radius 2 is 2.09 bits per heavy atom. The van der Waals surface area contributed by atoms with Gasteiger partial charge in [-0.05, 0) is 24.3 Å². The highest BCUT2D eigenvalue weighted by atomic mass is 35.5. The number of hydrogen-bond acceptors (Lipinski definition) is 2. The highest BCUT2D eigenvalue weighted by Gasteiger charge is 2.25. The molecule has 0 unspecified atom stereocenters. The zero-order chi connectivity index (χ0) is 17.0. The highest BCUT2D eigenvalue weighted by Crippen LogP contribution is 2.34. The molecule has 6 heteroatoms. The summed E-state index contributed by atoms with van der Waals surface area (Å²) < 4.78 is 45.1. The van der Waals surface area contributed by atoms with Gasteiger partial charge in [0.1, 0.15) is 18.2 Å². The minimum absolute atomic E-state index is 0.00808. The van der Waals surface area contributed by atoms with Crippen molar-refractivity contribution in [2.75, 3.05) is 13.2 Å². The molecule has 0 amide bonds. The van der Waals surface area contributed by atoms with Gasteiger partial charge in [0.25, 0.3) is 6.43 Å². The molecular weight excluding hydrogens is 327 g/mol. The van der Waals surface area contributed by atoms with E-state index in [-0.39, 0.29) is 34.3 Å².